The number of amides is 2. The number of benzene rings is 3. The Balaban J connectivity index is 1.89. The Morgan fingerprint density at radius 2 is 1.51 bits per heavy atom. The van der Waals surface area contributed by atoms with Gasteiger partial charge in [-0.2, -0.15) is 0 Å². The summed E-state index contributed by atoms with van der Waals surface area (Å²) in [5.74, 6) is 0.833. The number of hydrogen-bond acceptors (Lipinski definition) is 5. The third-order valence-corrected chi connectivity index (χ3v) is 5.87. The van der Waals surface area contributed by atoms with Gasteiger partial charge in [0.25, 0.3) is 5.91 Å². The van der Waals surface area contributed by atoms with Crippen LogP contribution in [-0.4, -0.2) is 50.6 Å². The number of nitrogens with one attached hydrogen (secondary N) is 1. The summed E-state index contributed by atoms with van der Waals surface area (Å²) in [5, 5.41) is 3.20. The van der Waals surface area contributed by atoms with Crippen molar-refractivity contribution in [3.63, 3.8) is 0 Å². The Kier molecular flexibility index (Phi) is 9.38. The third-order valence-electron chi connectivity index (χ3n) is 5.50. The maximum Gasteiger partial charge on any atom is 0.261 e. The topological polar surface area (TPSA) is 77.1 Å². The highest BCUT2D eigenvalue weighted by molar-refractivity contribution is 6.31. The van der Waals surface area contributed by atoms with Crippen LogP contribution in [-0.2, 0) is 22.6 Å². The number of nitrogens with zero attached hydrogens (tertiary/aromatic N) is 1. The summed E-state index contributed by atoms with van der Waals surface area (Å²) in [7, 11) is 4.62. The van der Waals surface area contributed by atoms with Crippen LogP contribution in [0.4, 0.5) is 0 Å². The molecule has 2 amide bonds. The summed E-state index contributed by atoms with van der Waals surface area (Å²) in [6, 6.07) is 21.1. The molecule has 0 radical (unpaired) electrons. The van der Waals surface area contributed by atoms with Crippen molar-refractivity contribution in [2.24, 2.45) is 0 Å². The molecule has 1 N–H and O–H groups in total. The predicted molar refractivity (Wildman–Crippen MR) is 135 cm³/mol. The molecule has 3 aromatic rings. The highest BCUT2D eigenvalue weighted by Gasteiger charge is 2.30. The lowest BCUT2D eigenvalue weighted by molar-refractivity contribution is -0.142. The van der Waals surface area contributed by atoms with Crippen LogP contribution in [0.25, 0.3) is 0 Å². The van der Waals surface area contributed by atoms with Gasteiger partial charge in [-0.15, -0.1) is 0 Å². The zero-order valence-electron chi connectivity index (χ0n) is 20.0. The van der Waals surface area contributed by atoms with Crippen molar-refractivity contribution in [1.82, 2.24) is 10.2 Å². The first kappa shape index (κ1) is 25.9. The van der Waals surface area contributed by atoms with Gasteiger partial charge in [0, 0.05) is 43.2 Å². The second-order valence-corrected chi connectivity index (χ2v) is 8.18. The number of ether oxygens (including phenoxy) is 3. The molecule has 8 heteroatoms. The monoisotopic (exact) mass is 496 g/mol. The Morgan fingerprint density at radius 1 is 0.914 bits per heavy atom. The molecule has 0 aromatic heterocycles. The van der Waals surface area contributed by atoms with Gasteiger partial charge in [-0.1, -0.05) is 60.1 Å². The fraction of sp³-hybridized carbons (Fsp3) is 0.259. The Labute approximate surface area is 210 Å². The van der Waals surface area contributed by atoms with Gasteiger partial charge in [0.05, 0.1) is 14.2 Å². The standard InChI is InChI=1S/C27H29ClN2O5/c1-29-27(32)25(13-19-9-5-4-6-10-19)30(17-20-11-7-8-12-24(20)28)26(31)18-35-23-15-21(33-2)14-22(16-23)34-3/h4-12,14-16,25H,13,17-18H2,1-3H3,(H,29,32). The first-order valence-corrected chi connectivity index (χ1v) is 11.5. The van der Waals surface area contributed by atoms with Crippen LogP contribution in [0.3, 0.4) is 0 Å². The molecule has 3 rings (SSSR count). The smallest absolute Gasteiger partial charge is 0.261 e. The quantitative estimate of drug-likeness (QED) is 0.432. The number of likely N-dealkylation sites (N-methyl/N-ethyl adjacent to an activating group) is 1. The number of carbonyl (C=O) groups excluding carboxylic acids is 2. The highest BCUT2D eigenvalue weighted by atomic mass is 35.5. The molecule has 0 aliphatic rings. The SMILES string of the molecule is CNC(=O)C(Cc1ccccc1)N(Cc1ccccc1Cl)C(=O)COc1cc(OC)cc(OC)c1. The molecular formula is C27H29ClN2O5. The van der Waals surface area contributed by atoms with Gasteiger partial charge >= 0.3 is 0 Å². The zero-order valence-corrected chi connectivity index (χ0v) is 20.7. The third kappa shape index (κ3) is 7.13. The van der Waals surface area contributed by atoms with Crippen molar-refractivity contribution in [2.45, 2.75) is 19.0 Å². The predicted octanol–water partition coefficient (Wildman–Crippen LogP) is 4.12. The van der Waals surface area contributed by atoms with E-state index in [1.807, 2.05) is 48.5 Å². The van der Waals surface area contributed by atoms with Crippen LogP contribution < -0.4 is 19.5 Å². The van der Waals surface area contributed by atoms with Crippen LogP contribution in [0, 0.1) is 0 Å². The second-order valence-electron chi connectivity index (χ2n) is 7.77. The number of halogens is 1. The molecule has 0 heterocycles. The molecule has 0 bridgehead atoms. The summed E-state index contributed by atoms with van der Waals surface area (Å²) in [5.41, 5.74) is 1.66. The van der Waals surface area contributed by atoms with Gasteiger partial charge in [0.15, 0.2) is 6.61 Å². The molecule has 1 unspecified atom stereocenters. The average Bonchev–Trinajstić information content (AvgIpc) is 2.90. The van der Waals surface area contributed by atoms with E-state index in [2.05, 4.69) is 5.32 Å². The van der Waals surface area contributed by atoms with E-state index in [4.69, 9.17) is 25.8 Å². The molecule has 7 nitrogen and oxygen atoms in total. The van der Waals surface area contributed by atoms with Gasteiger partial charge in [-0.05, 0) is 17.2 Å². The molecule has 35 heavy (non-hydrogen) atoms. The molecule has 0 aliphatic carbocycles. The summed E-state index contributed by atoms with van der Waals surface area (Å²) in [6.07, 6.45) is 0.337. The Bertz CT molecular complexity index is 1120. The van der Waals surface area contributed by atoms with Gasteiger partial charge in [-0.25, -0.2) is 0 Å². The van der Waals surface area contributed by atoms with Crippen LogP contribution >= 0.6 is 11.6 Å². The summed E-state index contributed by atoms with van der Waals surface area (Å²) < 4.78 is 16.3. The van der Waals surface area contributed by atoms with E-state index in [1.165, 1.54) is 19.1 Å². The maximum absolute atomic E-state index is 13.5. The minimum atomic E-state index is -0.769. The number of hydrogen-bond donors (Lipinski definition) is 1. The van der Waals surface area contributed by atoms with E-state index in [0.29, 0.717) is 28.7 Å². The molecule has 184 valence electrons. The van der Waals surface area contributed by atoms with Crippen molar-refractivity contribution in [3.8, 4) is 17.2 Å². The van der Waals surface area contributed by atoms with Crippen molar-refractivity contribution in [2.75, 3.05) is 27.9 Å². The van der Waals surface area contributed by atoms with E-state index >= 15 is 0 Å². The van der Waals surface area contributed by atoms with Gasteiger partial charge in [-0.3, -0.25) is 9.59 Å². The molecular weight excluding hydrogens is 468 g/mol. The minimum Gasteiger partial charge on any atom is -0.496 e. The maximum atomic E-state index is 13.5. The molecule has 0 aliphatic heterocycles. The van der Waals surface area contributed by atoms with Crippen molar-refractivity contribution in [3.05, 3.63) is 88.9 Å². The lowest BCUT2D eigenvalue weighted by Gasteiger charge is -2.31. The molecule has 0 saturated carbocycles. The molecule has 1 atom stereocenters. The Hall–Kier alpha value is -3.71. The molecule has 3 aromatic carbocycles. The number of methoxy groups -OCH3 is 2. The Morgan fingerprint density at radius 3 is 2.11 bits per heavy atom. The summed E-state index contributed by atoms with van der Waals surface area (Å²) in [4.78, 5) is 28.0. The van der Waals surface area contributed by atoms with Gasteiger partial charge < -0.3 is 24.4 Å². The minimum absolute atomic E-state index is 0.147. The molecule has 0 fully saturated rings. The van der Waals surface area contributed by atoms with Crippen LogP contribution in [0.5, 0.6) is 17.2 Å². The largest absolute Gasteiger partial charge is 0.496 e. The van der Waals surface area contributed by atoms with Crippen molar-refractivity contribution >= 4 is 23.4 Å². The normalized spacial score (nSPS) is 11.3. The van der Waals surface area contributed by atoms with Gasteiger partial charge in [0.1, 0.15) is 23.3 Å². The van der Waals surface area contributed by atoms with Crippen molar-refractivity contribution < 1.29 is 23.8 Å². The summed E-state index contributed by atoms with van der Waals surface area (Å²) >= 11 is 6.39. The lowest BCUT2D eigenvalue weighted by atomic mass is 10.0. The van der Waals surface area contributed by atoms with Crippen molar-refractivity contribution in [1.29, 1.82) is 0 Å². The van der Waals surface area contributed by atoms with E-state index in [1.54, 1.807) is 31.3 Å². The first-order valence-electron chi connectivity index (χ1n) is 11.1. The average molecular weight is 497 g/mol. The number of carbonyl (C=O) groups is 2. The molecule has 0 saturated heterocycles. The summed E-state index contributed by atoms with van der Waals surface area (Å²) in [6.45, 7) is -0.142. The fourth-order valence-corrected chi connectivity index (χ4v) is 3.82. The van der Waals surface area contributed by atoms with Gasteiger partial charge in [0.2, 0.25) is 5.91 Å². The van der Waals surface area contributed by atoms with E-state index < -0.39 is 6.04 Å². The highest BCUT2D eigenvalue weighted by Crippen LogP contribution is 2.28. The lowest BCUT2D eigenvalue weighted by Crippen LogP contribution is -2.51. The van der Waals surface area contributed by atoms with E-state index in [-0.39, 0.29) is 25.0 Å². The van der Waals surface area contributed by atoms with Crippen LogP contribution in [0.2, 0.25) is 5.02 Å². The van der Waals surface area contributed by atoms with Crippen LogP contribution in [0.1, 0.15) is 11.1 Å². The van der Waals surface area contributed by atoms with Crippen LogP contribution in [0.15, 0.2) is 72.8 Å². The molecule has 0 spiro atoms. The number of rotatable bonds is 11. The van der Waals surface area contributed by atoms with E-state index in [9.17, 15) is 9.59 Å². The fourth-order valence-electron chi connectivity index (χ4n) is 3.62. The first-order chi connectivity index (χ1) is 16.9. The zero-order chi connectivity index (χ0) is 25.2. The second kappa shape index (κ2) is 12.7. The van der Waals surface area contributed by atoms with E-state index in [0.717, 1.165) is 11.1 Å².